The van der Waals surface area contributed by atoms with Crippen LogP contribution in [0.2, 0.25) is 0 Å². The van der Waals surface area contributed by atoms with Crippen LogP contribution in [0.5, 0.6) is 0 Å². The van der Waals surface area contributed by atoms with Crippen LogP contribution in [-0.4, -0.2) is 52.7 Å². The largest absolute Gasteiger partial charge is 0.385 e. The van der Waals surface area contributed by atoms with Crippen molar-refractivity contribution in [3.8, 4) is 0 Å². The minimum Gasteiger partial charge on any atom is -0.385 e. The van der Waals surface area contributed by atoms with Gasteiger partial charge in [0, 0.05) is 20.3 Å². The highest BCUT2D eigenvalue weighted by atomic mass is 16.5. The van der Waals surface area contributed by atoms with Crippen molar-refractivity contribution in [2.45, 2.75) is 25.4 Å². The molecule has 1 N–H and O–H groups in total. The smallest absolute Gasteiger partial charge is 0.0704 e. The monoisotopic (exact) mass is 217 g/mol. The fourth-order valence-corrected chi connectivity index (χ4v) is 1.64. The summed E-state index contributed by atoms with van der Waals surface area (Å²) in [6.07, 6.45) is 3.66. The van der Waals surface area contributed by atoms with E-state index >= 15 is 0 Å². The third-order valence-electron chi connectivity index (χ3n) is 2.50. The summed E-state index contributed by atoms with van der Waals surface area (Å²) in [7, 11) is 1.71. The molecule has 1 aliphatic heterocycles. The Hall–Kier alpha value is -0.160. The van der Waals surface area contributed by atoms with E-state index in [2.05, 4.69) is 5.32 Å². The summed E-state index contributed by atoms with van der Waals surface area (Å²) in [6.45, 7) is 5.13. The molecule has 0 saturated carbocycles. The van der Waals surface area contributed by atoms with Crippen LogP contribution < -0.4 is 5.32 Å². The predicted octanol–water partition coefficient (Wildman–Crippen LogP) is 0.808. The van der Waals surface area contributed by atoms with Gasteiger partial charge in [0.2, 0.25) is 0 Å². The molecule has 1 aliphatic rings. The first-order chi connectivity index (χ1) is 7.43. The van der Waals surface area contributed by atoms with Gasteiger partial charge in [0.05, 0.1) is 19.3 Å². The van der Waals surface area contributed by atoms with Crippen LogP contribution in [-0.2, 0) is 14.2 Å². The van der Waals surface area contributed by atoms with Gasteiger partial charge < -0.3 is 19.5 Å². The van der Waals surface area contributed by atoms with Crippen LogP contribution in [0, 0.1) is 0 Å². The Morgan fingerprint density at radius 1 is 1.07 bits per heavy atom. The van der Waals surface area contributed by atoms with Gasteiger partial charge in [0.25, 0.3) is 0 Å². The summed E-state index contributed by atoms with van der Waals surface area (Å²) < 4.78 is 16.0. The Morgan fingerprint density at radius 3 is 2.60 bits per heavy atom. The van der Waals surface area contributed by atoms with Crippen molar-refractivity contribution in [1.29, 1.82) is 0 Å². The molecule has 1 heterocycles. The highest BCUT2D eigenvalue weighted by Gasteiger charge is 2.12. The summed E-state index contributed by atoms with van der Waals surface area (Å²) in [5.74, 6) is 0. The Kier molecular flexibility index (Phi) is 7.83. The lowest BCUT2D eigenvalue weighted by molar-refractivity contribution is -0.00973. The molecular formula is C11H23NO3. The molecule has 1 saturated heterocycles. The highest BCUT2D eigenvalue weighted by molar-refractivity contribution is 4.67. The number of ether oxygens (including phenoxy) is 3. The van der Waals surface area contributed by atoms with Gasteiger partial charge >= 0.3 is 0 Å². The molecule has 1 fully saturated rings. The van der Waals surface area contributed by atoms with E-state index in [9.17, 15) is 0 Å². The van der Waals surface area contributed by atoms with E-state index in [0.717, 1.165) is 52.2 Å². The van der Waals surface area contributed by atoms with Crippen molar-refractivity contribution in [2.24, 2.45) is 0 Å². The zero-order chi connectivity index (χ0) is 10.8. The maximum absolute atomic E-state index is 5.69. The highest BCUT2D eigenvalue weighted by Crippen LogP contribution is 2.06. The summed E-state index contributed by atoms with van der Waals surface area (Å²) in [5, 5.41) is 3.31. The van der Waals surface area contributed by atoms with E-state index < -0.39 is 0 Å². The lowest BCUT2D eigenvalue weighted by Crippen LogP contribution is -2.33. The Morgan fingerprint density at radius 2 is 1.87 bits per heavy atom. The zero-order valence-electron chi connectivity index (χ0n) is 9.67. The quantitative estimate of drug-likeness (QED) is 0.611. The van der Waals surface area contributed by atoms with Crippen LogP contribution in [0.15, 0.2) is 0 Å². The van der Waals surface area contributed by atoms with Gasteiger partial charge in [-0.25, -0.2) is 0 Å². The van der Waals surface area contributed by atoms with E-state index in [1.807, 2.05) is 0 Å². The van der Waals surface area contributed by atoms with Crippen LogP contribution in [0.3, 0.4) is 0 Å². The standard InChI is InChI=1S/C11H23NO3/c1-13-7-2-8-14-9-10-15-11-3-5-12-6-4-11/h11-12H,2-10H2,1H3. The van der Waals surface area contributed by atoms with Crippen LogP contribution in [0.25, 0.3) is 0 Å². The van der Waals surface area contributed by atoms with E-state index in [0.29, 0.717) is 12.7 Å². The molecular weight excluding hydrogens is 194 g/mol. The summed E-state index contributed by atoms with van der Waals surface area (Å²) in [6, 6.07) is 0. The first-order valence-electron chi connectivity index (χ1n) is 5.82. The number of nitrogens with one attached hydrogen (secondary N) is 1. The lowest BCUT2D eigenvalue weighted by atomic mass is 10.1. The van der Waals surface area contributed by atoms with Crippen molar-refractivity contribution >= 4 is 0 Å². The molecule has 0 atom stereocenters. The lowest BCUT2D eigenvalue weighted by Gasteiger charge is -2.22. The minimum absolute atomic E-state index is 0.439. The van der Waals surface area contributed by atoms with Crippen LogP contribution in [0.1, 0.15) is 19.3 Å². The predicted molar refractivity (Wildman–Crippen MR) is 59.2 cm³/mol. The molecule has 90 valence electrons. The van der Waals surface area contributed by atoms with Gasteiger partial charge in [-0.15, -0.1) is 0 Å². The fraction of sp³-hybridized carbons (Fsp3) is 1.00. The van der Waals surface area contributed by atoms with Crippen LogP contribution in [0.4, 0.5) is 0 Å². The van der Waals surface area contributed by atoms with Gasteiger partial charge in [-0.3, -0.25) is 0 Å². The number of hydrogen-bond acceptors (Lipinski definition) is 4. The molecule has 0 unspecified atom stereocenters. The average molecular weight is 217 g/mol. The second-order valence-corrected chi connectivity index (χ2v) is 3.78. The van der Waals surface area contributed by atoms with Gasteiger partial charge in [-0.2, -0.15) is 0 Å². The van der Waals surface area contributed by atoms with Gasteiger partial charge in [0.1, 0.15) is 0 Å². The zero-order valence-corrected chi connectivity index (χ0v) is 9.67. The Labute approximate surface area is 92.3 Å². The molecule has 0 aliphatic carbocycles. The number of methoxy groups -OCH3 is 1. The molecule has 0 aromatic carbocycles. The van der Waals surface area contributed by atoms with E-state index in [1.165, 1.54) is 0 Å². The summed E-state index contributed by atoms with van der Waals surface area (Å²) >= 11 is 0. The fourth-order valence-electron chi connectivity index (χ4n) is 1.64. The average Bonchev–Trinajstić information content (AvgIpc) is 2.29. The maximum atomic E-state index is 5.69. The SMILES string of the molecule is COCCCOCCOC1CCNCC1. The number of rotatable bonds is 8. The summed E-state index contributed by atoms with van der Waals surface area (Å²) in [4.78, 5) is 0. The van der Waals surface area contributed by atoms with Gasteiger partial charge in [-0.1, -0.05) is 0 Å². The molecule has 4 nitrogen and oxygen atoms in total. The van der Waals surface area contributed by atoms with Crippen molar-refractivity contribution in [1.82, 2.24) is 5.32 Å². The topological polar surface area (TPSA) is 39.7 Å². The number of piperidine rings is 1. The van der Waals surface area contributed by atoms with E-state index in [4.69, 9.17) is 14.2 Å². The van der Waals surface area contributed by atoms with Crippen molar-refractivity contribution in [3.05, 3.63) is 0 Å². The van der Waals surface area contributed by atoms with E-state index in [-0.39, 0.29) is 0 Å². The first-order valence-corrected chi connectivity index (χ1v) is 5.82. The Balaban J connectivity index is 1.79. The third kappa shape index (κ3) is 6.84. The number of hydrogen-bond donors (Lipinski definition) is 1. The molecule has 0 aromatic rings. The normalized spacial score (nSPS) is 18.2. The van der Waals surface area contributed by atoms with Gasteiger partial charge in [-0.05, 0) is 32.4 Å². The maximum Gasteiger partial charge on any atom is 0.0704 e. The second kappa shape index (κ2) is 9.09. The molecule has 0 aromatic heterocycles. The summed E-state index contributed by atoms with van der Waals surface area (Å²) in [5.41, 5.74) is 0. The molecule has 0 amide bonds. The van der Waals surface area contributed by atoms with Crippen molar-refractivity contribution in [3.63, 3.8) is 0 Å². The molecule has 0 bridgehead atoms. The van der Waals surface area contributed by atoms with Gasteiger partial charge in [0.15, 0.2) is 0 Å². The Bertz CT molecular complexity index is 138. The molecule has 0 radical (unpaired) electrons. The minimum atomic E-state index is 0.439. The van der Waals surface area contributed by atoms with Crippen molar-refractivity contribution < 1.29 is 14.2 Å². The van der Waals surface area contributed by atoms with Crippen LogP contribution >= 0.6 is 0 Å². The molecule has 15 heavy (non-hydrogen) atoms. The molecule has 4 heteroatoms. The third-order valence-corrected chi connectivity index (χ3v) is 2.50. The van der Waals surface area contributed by atoms with Crippen molar-refractivity contribution in [2.75, 3.05) is 46.6 Å². The second-order valence-electron chi connectivity index (χ2n) is 3.78. The van der Waals surface area contributed by atoms with E-state index in [1.54, 1.807) is 7.11 Å². The first kappa shape index (κ1) is 12.9. The molecule has 1 rings (SSSR count). The molecule has 0 spiro atoms.